The number of halogens is 3. The maximum absolute atomic E-state index is 11.4. The standard InChI is InChI=1S/C14H23N3O3S2.C2HF3O2/c1-11-13(21-10-15-11)8-17-5-4-14(9-17)7-12(3-6-20-14)16-22(2,18)19;3-2(4,5)1(6)7/h10,12,16H,3-9H2,1-2H3;(H,6,7)/t12-,14+;/m0./s1. The highest BCUT2D eigenvalue weighted by molar-refractivity contribution is 7.88. The first-order valence-electron chi connectivity index (χ1n) is 8.82. The van der Waals surface area contributed by atoms with Crippen LogP contribution in [0, 0.1) is 6.92 Å². The molecule has 0 amide bonds. The van der Waals surface area contributed by atoms with Crippen LogP contribution in [0.4, 0.5) is 13.2 Å². The Hall–Kier alpha value is -1.28. The van der Waals surface area contributed by atoms with E-state index in [1.54, 1.807) is 11.3 Å². The molecule has 0 unspecified atom stereocenters. The quantitative estimate of drug-likeness (QED) is 0.706. The Morgan fingerprint density at radius 3 is 2.69 bits per heavy atom. The Balaban J connectivity index is 0.000000370. The summed E-state index contributed by atoms with van der Waals surface area (Å²) < 4.78 is 63.4. The lowest BCUT2D eigenvalue weighted by Crippen LogP contribution is -2.49. The number of nitrogens with zero attached hydrogens (tertiary/aromatic N) is 2. The van der Waals surface area contributed by atoms with Gasteiger partial charge in [-0.1, -0.05) is 0 Å². The molecular formula is C16H24F3N3O5S2. The number of rotatable bonds is 4. The minimum Gasteiger partial charge on any atom is -0.475 e. The largest absolute Gasteiger partial charge is 0.490 e. The van der Waals surface area contributed by atoms with E-state index in [4.69, 9.17) is 14.6 Å². The number of ether oxygens (including phenoxy) is 1. The number of aromatic nitrogens is 1. The van der Waals surface area contributed by atoms with Gasteiger partial charge >= 0.3 is 12.1 Å². The predicted octanol–water partition coefficient (Wildman–Crippen LogP) is 1.76. The number of carboxylic acid groups (broad SMARTS) is 1. The molecule has 1 aromatic rings. The van der Waals surface area contributed by atoms with Crippen molar-refractivity contribution in [3.8, 4) is 0 Å². The van der Waals surface area contributed by atoms with Crippen molar-refractivity contribution in [2.75, 3.05) is 26.0 Å². The molecule has 29 heavy (non-hydrogen) atoms. The molecule has 3 rings (SSSR count). The number of alkyl halides is 3. The molecule has 0 bridgehead atoms. The zero-order chi connectivity index (χ0) is 21.9. The van der Waals surface area contributed by atoms with E-state index >= 15 is 0 Å². The Bertz CT molecular complexity index is 815. The first kappa shape index (κ1) is 24.0. The van der Waals surface area contributed by atoms with Gasteiger partial charge in [0, 0.05) is 37.2 Å². The number of aliphatic carboxylic acids is 1. The minimum absolute atomic E-state index is 0.00570. The Labute approximate surface area is 171 Å². The second-order valence-corrected chi connectivity index (χ2v) is 9.96. The van der Waals surface area contributed by atoms with Crippen LogP contribution in [0.25, 0.3) is 0 Å². The van der Waals surface area contributed by atoms with Crippen LogP contribution in [0.1, 0.15) is 29.8 Å². The molecule has 13 heteroatoms. The molecule has 0 aromatic carbocycles. The first-order valence-corrected chi connectivity index (χ1v) is 11.6. The van der Waals surface area contributed by atoms with E-state index in [0.717, 1.165) is 44.6 Å². The van der Waals surface area contributed by atoms with Crippen molar-refractivity contribution in [1.29, 1.82) is 0 Å². The van der Waals surface area contributed by atoms with Crippen LogP contribution in [0.5, 0.6) is 0 Å². The molecule has 2 atom stereocenters. The van der Waals surface area contributed by atoms with Crippen LogP contribution in [0.3, 0.4) is 0 Å². The fraction of sp³-hybridized carbons (Fsp3) is 0.750. The summed E-state index contributed by atoms with van der Waals surface area (Å²) in [7, 11) is -3.16. The van der Waals surface area contributed by atoms with Crippen molar-refractivity contribution >= 4 is 27.3 Å². The Morgan fingerprint density at radius 1 is 1.52 bits per heavy atom. The van der Waals surface area contributed by atoms with Gasteiger partial charge in [0.15, 0.2) is 0 Å². The highest BCUT2D eigenvalue weighted by Gasteiger charge is 2.43. The number of nitrogens with one attached hydrogen (secondary N) is 1. The normalized spacial score (nSPS) is 25.6. The Kier molecular flexibility index (Phi) is 7.65. The third-order valence-electron chi connectivity index (χ3n) is 4.72. The van der Waals surface area contributed by atoms with Crippen LogP contribution in [-0.4, -0.2) is 73.1 Å². The maximum atomic E-state index is 11.4. The number of likely N-dealkylation sites (tertiary alicyclic amines) is 1. The van der Waals surface area contributed by atoms with Gasteiger partial charge in [0.2, 0.25) is 10.0 Å². The maximum Gasteiger partial charge on any atom is 0.490 e. The number of carbonyl (C=O) groups is 1. The highest BCUT2D eigenvalue weighted by Crippen LogP contribution is 2.35. The molecule has 2 N–H and O–H groups in total. The second kappa shape index (κ2) is 9.25. The Morgan fingerprint density at radius 2 is 2.17 bits per heavy atom. The molecule has 0 saturated carbocycles. The van der Waals surface area contributed by atoms with Crippen LogP contribution >= 0.6 is 11.3 Å². The highest BCUT2D eigenvalue weighted by atomic mass is 32.2. The van der Waals surface area contributed by atoms with Gasteiger partial charge in [-0.05, 0) is 26.2 Å². The lowest BCUT2D eigenvalue weighted by atomic mass is 9.90. The van der Waals surface area contributed by atoms with Crippen molar-refractivity contribution in [3.05, 3.63) is 16.1 Å². The van der Waals surface area contributed by atoms with E-state index in [1.165, 1.54) is 11.1 Å². The number of carboxylic acids is 1. The number of thiazole rings is 1. The topological polar surface area (TPSA) is 109 Å². The molecule has 1 aromatic heterocycles. The van der Waals surface area contributed by atoms with E-state index in [1.807, 2.05) is 12.4 Å². The van der Waals surface area contributed by atoms with Crippen molar-refractivity contribution in [3.63, 3.8) is 0 Å². The summed E-state index contributed by atoms with van der Waals surface area (Å²) in [5, 5.41) is 7.12. The van der Waals surface area contributed by atoms with Gasteiger partial charge in [-0.3, -0.25) is 4.90 Å². The van der Waals surface area contributed by atoms with E-state index in [2.05, 4.69) is 14.6 Å². The third kappa shape index (κ3) is 7.48. The number of sulfonamides is 1. The van der Waals surface area contributed by atoms with Gasteiger partial charge < -0.3 is 9.84 Å². The lowest BCUT2D eigenvalue weighted by Gasteiger charge is -2.38. The van der Waals surface area contributed by atoms with E-state index in [-0.39, 0.29) is 11.6 Å². The van der Waals surface area contributed by atoms with Gasteiger partial charge in [0.1, 0.15) is 0 Å². The molecule has 2 fully saturated rings. The molecule has 8 nitrogen and oxygen atoms in total. The zero-order valence-corrected chi connectivity index (χ0v) is 17.7. The zero-order valence-electron chi connectivity index (χ0n) is 16.0. The fourth-order valence-electron chi connectivity index (χ4n) is 3.46. The van der Waals surface area contributed by atoms with Gasteiger partial charge in [-0.2, -0.15) is 13.2 Å². The molecular weight excluding hydrogens is 435 g/mol. The van der Waals surface area contributed by atoms with Crippen LogP contribution in [0.2, 0.25) is 0 Å². The fourth-order valence-corrected chi connectivity index (χ4v) is 5.08. The van der Waals surface area contributed by atoms with Crippen molar-refractivity contribution < 1.29 is 36.2 Å². The first-order chi connectivity index (χ1) is 13.3. The summed E-state index contributed by atoms with van der Waals surface area (Å²) in [6.07, 6.45) is -1.38. The number of hydrogen-bond donors (Lipinski definition) is 2. The van der Waals surface area contributed by atoms with E-state index in [9.17, 15) is 21.6 Å². The summed E-state index contributed by atoms with van der Waals surface area (Å²) in [5.74, 6) is -2.76. The molecule has 2 aliphatic rings. The molecule has 0 aliphatic carbocycles. The number of hydrogen-bond acceptors (Lipinski definition) is 7. The SMILES string of the molecule is Cc1ncsc1CN1CC[C@@]2(C[C@@H](NS(C)(=O)=O)CCO2)C1.O=C(O)C(F)(F)F. The van der Waals surface area contributed by atoms with Gasteiger partial charge in [-0.15, -0.1) is 11.3 Å². The molecule has 3 heterocycles. The van der Waals surface area contributed by atoms with Crippen molar-refractivity contribution in [2.24, 2.45) is 0 Å². The van der Waals surface area contributed by atoms with E-state index < -0.39 is 22.2 Å². The summed E-state index contributed by atoms with van der Waals surface area (Å²) in [4.78, 5) is 16.9. The van der Waals surface area contributed by atoms with Crippen LogP contribution < -0.4 is 4.72 Å². The molecule has 1 spiro atoms. The van der Waals surface area contributed by atoms with Gasteiger partial charge in [-0.25, -0.2) is 22.9 Å². The predicted molar refractivity (Wildman–Crippen MR) is 100 cm³/mol. The van der Waals surface area contributed by atoms with E-state index in [0.29, 0.717) is 6.61 Å². The summed E-state index contributed by atoms with van der Waals surface area (Å²) in [6.45, 7) is 5.43. The number of aryl methyl sites for hydroxylation is 1. The molecule has 2 aliphatic heterocycles. The average molecular weight is 460 g/mol. The monoisotopic (exact) mass is 459 g/mol. The lowest BCUT2D eigenvalue weighted by molar-refractivity contribution is -0.192. The summed E-state index contributed by atoms with van der Waals surface area (Å²) >= 11 is 1.69. The summed E-state index contributed by atoms with van der Waals surface area (Å²) in [5.41, 5.74) is 2.80. The molecule has 166 valence electrons. The average Bonchev–Trinajstić information content (AvgIpc) is 3.13. The minimum atomic E-state index is -5.08. The van der Waals surface area contributed by atoms with Crippen molar-refractivity contribution in [2.45, 2.75) is 50.6 Å². The molecule has 2 saturated heterocycles. The summed E-state index contributed by atoms with van der Waals surface area (Å²) in [6, 6.07) is -0.00570. The second-order valence-electron chi connectivity index (χ2n) is 7.24. The van der Waals surface area contributed by atoms with Crippen LogP contribution in [-0.2, 0) is 26.1 Å². The molecule has 0 radical (unpaired) electrons. The van der Waals surface area contributed by atoms with Gasteiger partial charge in [0.25, 0.3) is 0 Å². The smallest absolute Gasteiger partial charge is 0.475 e. The van der Waals surface area contributed by atoms with Crippen molar-refractivity contribution in [1.82, 2.24) is 14.6 Å². The third-order valence-corrected chi connectivity index (χ3v) is 6.41. The van der Waals surface area contributed by atoms with Gasteiger partial charge in [0.05, 0.1) is 23.1 Å². The van der Waals surface area contributed by atoms with Crippen LogP contribution in [0.15, 0.2) is 5.51 Å².